The Morgan fingerprint density at radius 3 is 2.53 bits per heavy atom. The van der Waals surface area contributed by atoms with Gasteiger partial charge >= 0.3 is 0 Å². The predicted molar refractivity (Wildman–Crippen MR) is 70.9 cm³/mol. The number of anilines is 1. The third-order valence-corrected chi connectivity index (χ3v) is 3.30. The van der Waals surface area contributed by atoms with Gasteiger partial charge in [0.15, 0.2) is 5.78 Å². The van der Waals surface area contributed by atoms with E-state index in [0.717, 1.165) is 16.1 Å². The fraction of sp³-hybridized carbons (Fsp3) is 0.231. The van der Waals surface area contributed by atoms with E-state index in [1.807, 2.05) is 43.3 Å². The zero-order chi connectivity index (χ0) is 12.3. The van der Waals surface area contributed by atoms with Crippen molar-refractivity contribution in [2.75, 3.05) is 19.0 Å². The van der Waals surface area contributed by atoms with E-state index in [0.29, 0.717) is 6.42 Å². The van der Waals surface area contributed by atoms with E-state index in [1.165, 1.54) is 11.3 Å². The van der Waals surface area contributed by atoms with E-state index >= 15 is 0 Å². The smallest absolute Gasteiger partial charge is 0.168 e. The van der Waals surface area contributed by atoms with Crippen LogP contribution in [0.2, 0.25) is 0 Å². The summed E-state index contributed by atoms with van der Waals surface area (Å²) in [5, 5.41) is 0. The van der Waals surface area contributed by atoms with Crippen LogP contribution in [-0.4, -0.2) is 24.9 Å². The minimum absolute atomic E-state index is 0.138. The van der Waals surface area contributed by atoms with Crippen LogP contribution in [0.1, 0.15) is 15.2 Å². The van der Waals surface area contributed by atoms with Crippen LogP contribution in [0, 0.1) is 0 Å². The minimum atomic E-state index is 0.138. The molecule has 1 aromatic heterocycles. The molecule has 0 spiro atoms. The molecule has 1 heterocycles. The van der Waals surface area contributed by atoms with Crippen molar-refractivity contribution in [1.29, 1.82) is 0 Å². The SMILES string of the molecule is CN(C)c1ccc(C(=O)Cc2cncs2)cc1. The lowest BCUT2D eigenvalue weighted by Gasteiger charge is -2.12. The molecule has 0 N–H and O–H groups in total. The van der Waals surface area contributed by atoms with Crippen molar-refractivity contribution < 1.29 is 4.79 Å². The first-order chi connectivity index (χ1) is 8.16. The van der Waals surface area contributed by atoms with Crippen molar-refractivity contribution in [3.63, 3.8) is 0 Å². The number of rotatable bonds is 4. The standard InChI is InChI=1S/C13H14N2OS/c1-15(2)11-5-3-10(4-6-11)13(16)7-12-8-14-9-17-12/h3-6,8-9H,7H2,1-2H3. The minimum Gasteiger partial charge on any atom is -0.378 e. The molecule has 0 saturated carbocycles. The lowest BCUT2D eigenvalue weighted by molar-refractivity contribution is 0.0994. The number of carbonyl (C=O) groups excluding carboxylic acids is 1. The van der Waals surface area contributed by atoms with Crippen molar-refractivity contribution in [1.82, 2.24) is 4.98 Å². The number of carbonyl (C=O) groups is 1. The van der Waals surface area contributed by atoms with Gasteiger partial charge in [0.1, 0.15) is 0 Å². The molecular formula is C13H14N2OS. The number of ketones is 1. The van der Waals surface area contributed by atoms with Crippen LogP contribution in [0.25, 0.3) is 0 Å². The lowest BCUT2D eigenvalue weighted by atomic mass is 10.1. The molecule has 0 saturated heterocycles. The summed E-state index contributed by atoms with van der Waals surface area (Å²) in [6.07, 6.45) is 2.18. The van der Waals surface area contributed by atoms with Gasteiger partial charge in [-0.15, -0.1) is 11.3 Å². The first-order valence-electron chi connectivity index (χ1n) is 5.35. The van der Waals surface area contributed by atoms with Crippen LogP contribution in [0.3, 0.4) is 0 Å². The van der Waals surface area contributed by atoms with Crippen molar-refractivity contribution in [3.05, 3.63) is 46.4 Å². The second-order valence-electron chi connectivity index (χ2n) is 4.01. The van der Waals surface area contributed by atoms with Gasteiger partial charge in [-0.3, -0.25) is 9.78 Å². The Kier molecular flexibility index (Phi) is 3.54. The van der Waals surface area contributed by atoms with Crippen molar-refractivity contribution in [3.8, 4) is 0 Å². The molecule has 0 aliphatic carbocycles. The average molecular weight is 246 g/mol. The number of Topliss-reactive ketones (excluding diaryl/α,β-unsaturated/α-hetero) is 1. The molecule has 1 aromatic carbocycles. The van der Waals surface area contributed by atoms with Crippen LogP contribution >= 0.6 is 11.3 Å². The van der Waals surface area contributed by atoms with Crippen LogP contribution in [0.4, 0.5) is 5.69 Å². The number of hydrogen-bond acceptors (Lipinski definition) is 4. The summed E-state index contributed by atoms with van der Waals surface area (Å²) in [4.78, 5) is 18.9. The molecular weight excluding hydrogens is 232 g/mol. The molecule has 17 heavy (non-hydrogen) atoms. The monoisotopic (exact) mass is 246 g/mol. The molecule has 0 bridgehead atoms. The predicted octanol–water partition coefficient (Wildman–Crippen LogP) is 2.63. The van der Waals surface area contributed by atoms with Gasteiger partial charge in [0, 0.05) is 42.8 Å². The third kappa shape index (κ3) is 2.91. The zero-order valence-electron chi connectivity index (χ0n) is 9.88. The number of hydrogen-bond donors (Lipinski definition) is 0. The molecule has 88 valence electrons. The van der Waals surface area contributed by atoms with Crippen LogP contribution < -0.4 is 4.90 Å². The second-order valence-corrected chi connectivity index (χ2v) is 4.98. The van der Waals surface area contributed by atoms with E-state index in [4.69, 9.17) is 0 Å². The van der Waals surface area contributed by atoms with Crippen molar-refractivity contribution in [2.24, 2.45) is 0 Å². The highest BCUT2D eigenvalue weighted by Gasteiger charge is 2.08. The van der Waals surface area contributed by atoms with E-state index < -0.39 is 0 Å². The molecule has 0 amide bonds. The maximum absolute atomic E-state index is 12.0. The van der Waals surface area contributed by atoms with E-state index in [1.54, 1.807) is 11.7 Å². The lowest BCUT2D eigenvalue weighted by Crippen LogP contribution is -2.09. The summed E-state index contributed by atoms with van der Waals surface area (Å²) in [6, 6.07) is 7.66. The molecule has 0 aliphatic rings. The van der Waals surface area contributed by atoms with E-state index in [-0.39, 0.29) is 5.78 Å². The maximum atomic E-state index is 12.0. The summed E-state index contributed by atoms with van der Waals surface area (Å²) >= 11 is 1.51. The summed E-state index contributed by atoms with van der Waals surface area (Å²) in [7, 11) is 3.96. The molecule has 4 heteroatoms. The van der Waals surface area contributed by atoms with Crippen LogP contribution in [0.5, 0.6) is 0 Å². The number of benzene rings is 1. The molecule has 0 atom stereocenters. The molecule has 0 radical (unpaired) electrons. The Morgan fingerprint density at radius 1 is 1.29 bits per heavy atom. The van der Waals surface area contributed by atoms with Gasteiger partial charge in [0.2, 0.25) is 0 Å². The Bertz CT molecular complexity index is 489. The second kappa shape index (κ2) is 5.10. The summed E-state index contributed by atoms with van der Waals surface area (Å²) in [5.74, 6) is 0.138. The Hall–Kier alpha value is -1.68. The molecule has 0 fully saturated rings. The Labute approximate surface area is 105 Å². The molecule has 0 aliphatic heterocycles. The molecule has 2 rings (SSSR count). The third-order valence-electron chi connectivity index (χ3n) is 2.52. The van der Waals surface area contributed by atoms with Crippen molar-refractivity contribution in [2.45, 2.75) is 6.42 Å². The van der Waals surface area contributed by atoms with Gasteiger partial charge in [-0.05, 0) is 24.3 Å². The molecule has 3 nitrogen and oxygen atoms in total. The maximum Gasteiger partial charge on any atom is 0.168 e. The number of nitrogens with zero attached hydrogens (tertiary/aromatic N) is 2. The normalized spacial score (nSPS) is 10.2. The highest BCUT2D eigenvalue weighted by atomic mass is 32.1. The Balaban J connectivity index is 2.09. The van der Waals surface area contributed by atoms with Gasteiger partial charge in [-0.25, -0.2) is 0 Å². The van der Waals surface area contributed by atoms with Gasteiger partial charge in [0.05, 0.1) is 5.51 Å². The van der Waals surface area contributed by atoms with E-state index in [9.17, 15) is 4.79 Å². The summed E-state index contributed by atoms with van der Waals surface area (Å²) in [5.41, 5.74) is 3.60. The van der Waals surface area contributed by atoms with Crippen LogP contribution in [-0.2, 0) is 6.42 Å². The number of thiazole rings is 1. The topological polar surface area (TPSA) is 33.2 Å². The highest BCUT2D eigenvalue weighted by molar-refractivity contribution is 7.09. The van der Waals surface area contributed by atoms with Gasteiger partial charge in [-0.1, -0.05) is 0 Å². The van der Waals surface area contributed by atoms with E-state index in [2.05, 4.69) is 4.98 Å². The first kappa shape index (κ1) is 11.8. The highest BCUT2D eigenvalue weighted by Crippen LogP contribution is 2.15. The summed E-state index contributed by atoms with van der Waals surface area (Å²) in [6.45, 7) is 0. The largest absolute Gasteiger partial charge is 0.378 e. The molecule has 2 aromatic rings. The summed E-state index contributed by atoms with van der Waals surface area (Å²) < 4.78 is 0. The quantitative estimate of drug-likeness (QED) is 0.778. The zero-order valence-corrected chi connectivity index (χ0v) is 10.7. The number of aromatic nitrogens is 1. The first-order valence-corrected chi connectivity index (χ1v) is 6.23. The molecule has 0 unspecified atom stereocenters. The fourth-order valence-corrected chi connectivity index (χ4v) is 2.13. The van der Waals surface area contributed by atoms with Gasteiger partial charge < -0.3 is 4.90 Å². The van der Waals surface area contributed by atoms with Crippen molar-refractivity contribution >= 4 is 22.8 Å². The Morgan fingerprint density at radius 2 is 2.00 bits per heavy atom. The average Bonchev–Trinajstić information content (AvgIpc) is 2.82. The van der Waals surface area contributed by atoms with Crippen LogP contribution in [0.15, 0.2) is 36.0 Å². The fourth-order valence-electron chi connectivity index (χ4n) is 1.54. The van der Waals surface area contributed by atoms with Gasteiger partial charge in [-0.2, -0.15) is 0 Å². The van der Waals surface area contributed by atoms with Gasteiger partial charge in [0.25, 0.3) is 0 Å².